The van der Waals surface area contributed by atoms with Crippen LogP contribution in [0.3, 0.4) is 0 Å². The second kappa shape index (κ2) is 30.3. The molecule has 0 unspecified atom stereocenters. The van der Waals surface area contributed by atoms with Gasteiger partial charge in [-0.05, 0) is 18.9 Å². The third-order valence-electron chi connectivity index (χ3n) is 10.6. The van der Waals surface area contributed by atoms with Crippen molar-refractivity contribution in [3.8, 4) is 5.88 Å². The largest absolute Gasteiger partial charge is 0.512 e. The van der Waals surface area contributed by atoms with Crippen molar-refractivity contribution in [2.45, 2.75) is 226 Å². The van der Waals surface area contributed by atoms with Crippen LogP contribution in [0.2, 0.25) is 0 Å². The highest BCUT2D eigenvalue weighted by atomic mass is 16.7. The summed E-state index contributed by atoms with van der Waals surface area (Å²) in [7, 11) is 0. The van der Waals surface area contributed by atoms with Crippen LogP contribution < -0.4 is 4.74 Å². The zero-order valence-corrected chi connectivity index (χ0v) is 32.8. The average Bonchev–Trinajstić information content (AvgIpc) is 3.41. The molecule has 2 rings (SSSR count). The molecule has 0 aliphatic rings. The molecule has 0 spiro atoms. The number of carbonyl (C=O) groups is 2. The zero-order chi connectivity index (χ0) is 35.9. The maximum Gasteiger partial charge on any atom is 0.512 e. The van der Waals surface area contributed by atoms with E-state index < -0.39 is 6.16 Å². The molecule has 1 aromatic heterocycles. The Labute approximate surface area is 307 Å². The second-order valence-electron chi connectivity index (χ2n) is 15.1. The van der Waals surface area contributed by atoms with Crippen LogP contribution in [0.15, 0.2) is 24.3 Å². The van der Waals surface area contributed by atoms with Crippen molar-refractivity contribution in [3.63, 3.8) is 0 Å². The number of carboxylic acid groups (broad SMARTS) is 1. The number of Topliss-reactive ketones (excluding diaryl/α,β-unsaturated/α-hetero) is 1. The highest BCUT2D eigenvalue weighted by molar-refractivity contribution is 6.11. The highest BCUT2D eigenvalue weighted by Gasteiger charge is 2.25. The van der Waals surface area contributed by atoms with Gasteiger partial charge < -0.3 is 14.4 Å². The number of ketones is 1. The number of nitrogens with zero attached hydrogens (tertiary/aromatic N) is 1. The lowest BCUT2D eigenvalue weighted by molar-refractivity contribution is 0.0975. The molecule has 1 heterocycles. The van der Waals surface area contributed by atoms with Crippen LogP contribution in [0.4, 0.5) is 4.79 Å². The lowest BCUT2D eigenvalue weighted by atomic mass is 10.0. The van der Waals surface area contributed by atoms with Gasteiger partial charge in [-0.25, -0.2) is 4.79 Å². The van der Waals surface area contributed by atoms with Gasteiger partial charge in [-0.1, -0.05) is 218 Å². The van der Waals surface area contributed by atoms with Gasteiger partial charge in [0, 0.05) is 18.4 Å². The van der Waals surface area contributed by atoms with E-state index >= 15 is 0 Å². The van der Waals surface area contributed by atoms with E-state index in [9.17, 15) is 14.7 Å². The van der Waals surface area contributed by atoms with Crippen molar-refractivity contribution in [3.05, 3.63) is 29.8 Å². The first-order valence-corrected chi connectivity index (χ1v) is 21.6. The molecule has 1 aromatic carbocycles. The zero-order valence-electron chi connectivity index (χ0n) is 32.8. The van der Waals surface area contributed by atoms with Crippen LogP contribution in [0.5, 0.6) is 5.88 Å². The number of fused-ring (bicyclic) bond motifs is 1. The summed E-state index contributed by atoms with van der Waals surface area (Å²) in [5.41, 5.74) is 1.34. The number of aryl methyl sites for hydroxylation is 1. The quantitative estimate of drug-likeness (QED) is 0.0443. The molecule has 0 saturated carbocycles. The molecule has 0 radical (unpaired) electrons. The highest BCUT2D eigenvalue weighted by Crippen LogP contribution is 2.34. The number of hydrogen-bond donors (Lipinski definition) is 1. The number of para-hydroxylation sites is 1. The molecule has 2 aromatic rings. The molecule has 0 bridgehead atoms. The van der Waals surface area contributed by atoms with E-state index in [1.54, 1.807) is 0 Å². The minimum Gasteiger partial charge on any atom is -0.449 e. The Bertz CT molecular complexity index is 1120. The third-order valence-corrected chi connectivity index (χ3v) is 10.6. The van der Waals surface area contributed by atoms with E-state index in [2.05, 4.69) is 13.8 Å². The van der Waals surface area contributed by atoms with E-state index in [0.29, 0.717) is 18.5 Å². The van der Waals surface area contributed by atoms with Gasteiger partial charge in [0.1, 0.15) is 0 Å². The van der Waals surface area contributed by atoms with Gasteiger partial charge in [0.25, 0.3) is 0 Å². The number of unbranched alkanes of at least 4 members (excludes halogenated alkanes) is 29. The number of ether oxygens (including phenoxy) is 1. The van der Waals surface area contributed by atoms with Crippen molar-refractivity contribution in [1.29, 1.82) is 0 Å². The Kier molecular flexibility index (Phi) is 26.6. The van der Waals surface area contributed by atoms with Crippen molar-refractivity contribution in [2.24, 2.45) is 0 Å². The minimum atomic E-state index is -1.36. The Morgan fingerprint density at radius 3 is 1.28 bits per heavy atom. The van der Waals surface area contributed by atoms with Gasteiger partial charge in [0.2, 0.25) is 5.88 Å². The molecular formula is C45H77NO4. The van der Waals surface area contributed by atoms with Crippen molar-refractivity contribution < 1.29 is 19.4 Å². The fourth-order valence-electron chi connectivity index (χ4n) is 7.56. The van der Waals surface area contributed by atoms with Crippen molar-refractivity contribution in [2.75, 3.05) is 0 Å². The summed E-state index contributed by atoms with van der Waals surface area (Å²) in [6.07, 6.45) is 39.4. The summed E-state index contributed by atoms with van der Waals surface area (Å²) in [6, 6.07) is 7.81. The lowest BCUT2D eigenvalue weighted by Crippen LogP contribution is -2.12. The third kappa shape index (κ3) is 19.9. The van der Waals surface area contributed by atoms with Crippen LogP contribution >= 0.6 is 0 Å². The summed E-state index contributed by atoms with van der Waals surface area (Å²) in [5.74, 6) is 0.212. The molecule has 0 atom stereocenters. The van der Waals surface area contributed by atoms with Gasteiger partial charge >= 0.3 is 6.16 Å². The number of benzene rings is 1. The monoisotopic (exact) mass is 696 g/mol. The first kappa shape index (κ1) is 43.9. The number of aromatic nitrogens is 1. The molecule has 50 heavy (non-hydrogen) atoms. The van der Waals surface area contributed by atoms with Crippen LogP contribution in [0, 0.1) is 0 Å². The summed E-state index contributed by atoms with van der Waals surface area (Å²) >= 11 is 0. The second-order valence-corrected chi connectivity index (χ2v) is 15.1. The maximum atomic E-state index is 13.5. The Morgan fingerprint density at radius 2 is 0.880 bits per heavy atom. The average molecular weight is 696 g/mol. The topological polar surface area (TPSA) is 68.5 Å². The van der Waals surface area contributed by atoms with Gasteiger partial charge in [-0.15, -0.1) is 0 Å². The van der Waals surface area contributed by atoms with Gasteiger partial charge in [0.05, 0.1) is 11.1 Å². The van der Waals surface area contributed by atoms with Crippen LogP contribution in [-0.4, -0.2) is 21.6 Å². The van der Waals surface area contributed by atoms with Gasteiger partial charge in [-0.3, -0.25) is 4.79 Å². The van der Waals surface area contributed by atoms with Crippen LogP contribution in [-0.2, 0) is 6.54 Å². The van der Waals surface area contributed by atoms with Crippen molar-refractivity contribution >= 4 is 22.8 Å². The Morgan fingerprint density at radius 1 is 0.520 bits per heavy atom. The summed E-state index contributed by atoms with van der Waals surface area (Å²) < 4.78 is 7.29. The normalized spacial score (nSPS) is 11.5. The predicted molar refractivity (Wildman–Crippen MR) is 214 cm³/mol. The molecule has 5 nitrogen and oxygen atoms in total. The number of hydrogen-bond acceptors (Lipinski definition) is 3. The number of carbonyl (C=O) groups excluding carboxylic acids is 1. The molecule has 1 N–H and O–H groups in total. The summed E-state index contributed by atoms with van der Waals surface area (Å²) in [5, 5.41) is 10.4. The lowest BCUT2D eigenvalue weighted by Gasteiger charge is -2.11. The van der Waals surface area contributed by atoms with E-state index in [4.69, 9.17) is 4.74 Å². The SMILES string of the molecule is CCCCCCCCCCCCCCCCCCn1c(OC(=O)O)c(C(=O)CCCCCCCCCCCCCCCCC)c2ccccc21. The minimum absolute atomic E-state index is 0.00197. The Balaban J connectivity index is 1.66. The molecule has 0 saturated heterocycles. The molecular weight excluding hydrogens is 618 g/mol. The molecule has 0 aliphatic carbocycles. The first-order valence-electron chi connectivity index (χ1n) is 21.6. The van der Waals surface area contributed by atoms with Gasteiger partial charge in [0.15, 0.2) is 5.78 Å². The standard InChI is InChI=1S/C45H77NO4/c1-3-5-7-9-11-13-15-17-19-21-23-25-27-29-31-35-39-46-41-37-34-33-36-40(41)43(44(46)50-45(48)49)42(47)38-32-30-28-26-24-22-20-18-16-14-12-10-8-6-4-2/h33-34,36-37H,3-32,35,38-39H2,1-2H3,(H,48,49). The molecule has 0 aliphatic heterocycles. The molecule has 286 valence electrons. The smallest absolute Gasteiger partial charge is 0.449 e. The van der Waals surface area contributed by atoms with Gasteiger partial charge in [-0.2, -0.15) is 0 Å². The van der Waals surface area contributed by atoms with Crippen LogP contribution in [0.1, 0.15) is 230 Å². The number of rotatable bonds is 35. The van der Waals surface area contributed by atoms with Crippen LogP contribution in [0.25, 0.3) is 10.9 Å². The Hall–Kier alpha value is -2.30. The predicted octanol–water partition coefficient (Wildman–Crippen LogP) is 15.4. The molecule has 0 fully saturated rings. The summed E-state index contributed by atoms with van der Waals surface area (Å²) in [4.78, 5) is 25.3. The summed E-state index contributed by atoms with van der Waals surface area (Å²) in [6.45, 7) is 5.21. The van der Waals surface area contributed by atoms with E-state index in [1.807, 2.05) is 28.8 Å². The fraction of sp³-hybridized carbons (Fsp3) is 0.778. The van der Waals surface area contributed by atoms with Crippen molar-refractivity contribution in [1.82, 2.24) is 4.57 Å². The van der Waals surface area contributed by atoms with E-state index in [0.717, 1.165) is 43.0 Å². The first-order chi connectivity index (χ1) is 24.6. The molecule has 0 amide bonds. The van der Waals surface area contributed by atoms with E-state index in [-0.39, 0.29) is 11.7 Å². The maximum absolute atomic E-state index is 13.5. The molecule has 5 heteroatoms. The van der Waals surface area contributed by atoms with E-state index in [1.165, 1.54) is 167 Å². The fourth-order valence-corrected chi connectivity index (χ4v) is 7.56.